The number of rotatable bonds is 7. The van der Waals surface area contributed by atoms with Gasteiger partial charge in [0.25, 0.3) is 0 Å². The molecule has 0 bridgehead atoms. The summed E-state index contributed by atoms with van der Waals surface area (Å²) < 4.78 is 20.2. The van der Waals surface area contributed by atoms with Gasteiger partial charge in [0.05, 0.1) is 23.6 Å². The van der Waals surface area contributed by atoms with Crippen molar-refractivity contribution in [2.24, 2.45) is 5.92 Å². The van der Waals surface area contributed by atoms with Crippen molar-refractivity contribution >= 4 is 10.8 Å². The van der Waals surface area contributed by atoms with E-state index in [1.54, 1.807) is 6.07 Å². The Kier molecular flexibility index (Phi) is 6.07. The number of halogens is 1. The molecule has 0 aliphatic carbocycles. The SMILES string of the molecule is CCOc1ccc2ccccc2c1-c1ccc(F)c(CN[C@H](C)C(C)C)n1. The molecule has 1 N–H and O–H groups in total. The molecule has 0 fully saturated rings. The minimum Gasteiger partial charge on any atom is -0.493 e. The highest BCUT2D eigenvalue weighted by Gasteiger charge is 2.15. The second kappa shape index (κ2) is 8.49. The fourth-order valence-corrected chi connectivity index (χ4v) is 3.03. The van der Waals surface area contributed by atoms with E-state index in [0.717, 1.165) is 27.8 Å². The monoisotopic (exact) mass is 366 g/mol. The van der Waals surface area contributed by atoms with Crippen molar-refractivity contribution in [1.82, 2.24) is 10.3 Å². The van der Waals surface area contributed by atoms with Gasteiger partial charge in [0.15, 0.2) is 0 Å². The first-order chi connectivity index (χ1) is 13.0. The van der Waals surface area contributed by atoms with Gasteiger partial charge in [0.2, 0.25) is 0 Å². The fourth-order valence-electron chi connectivity index (χ4n) is 3.03. The molecular formula is C23H27FN2O. The smallest absolute Gasteiger partial charge is 0.146 e. The Labute approximate surface area is 160 Å². The highest BCUT2D eigenvalue weighted by atomic mass is 19.1. The van der Waals surface area contributed by atoms with Crippen LogP contribution in [0.2, 0.25) is 0 Å². The number of aromatic nitrogens is 1. The average molecular weight is 366 g/mol. The van der Waals surface area contributed by atoms with Crippen molar-refractivity contribution in [3.05, 3.63) is 60.0 Å². The second-order valence-corrected chi connectivity index (χ2v) is 7.13. The van der Waals surface area contributed by atoms with E-state index < -0.39 is 0 Å². The molecule has 3 aromatic rings. The van der Waals surface area contributed by atoms with Gasteiger partial charge in [-0.15, -0.1) is 0 Å². The minimum atomic E-state index is -0.291. The van der Waals surface area contributed by atoms with Crippen LogP contribution in [0.1, 0.15) is 33.4 Å². The van der Waals surface area contributed by atoms with Crippen LogP contribution < -0.4 is 10.1 Å². The first-order valence-electron chi connectivity index (χ1n) is 9.55. The molecular weight excluding hydrogens is 339 g/mol. The molecule has 4 heteroatoms. The zero-order valence-electron chi connectivity index (χ0n) is 16.4. The molecule has 3 rings (SSSR count). The summed E-state index contributed by atoms with van der Waals surface area (Å²) in [5.41, 5.74) is 2.06. The number of fused-ring (bicyclic) bond motifs is 1. The molecule has 0 saturated heterocycles. The van der Waals surface area contributed by atoms with Gasteiger partial charge in [-0.25, -0.2) is 9.37 Å². The lowest BCUT2D eigenvalue weighted by Crippen LogP contribution is -2.30. The topological polar surface area (TPSA) is 34.1 Å². The van der Waals surface area contributed by atoms with Gasteiger partial charge < -0.3 is 10.1 Å². The van der Waals surface area contributed by atoms with Crippen molar-refractivity contribution in [2.75, 3.05) is 6.61 Å². The van der Waals surface area contributed by atoms with Crippen LogP contribution in [0.15, 0.2) is 48.5 Å². The van der Waals surface area contributed by atoms with E-state index in [9.17, 15) is 4.39 Å². The molecule has 0 saturated carbocycles. The third-order valence-electron chi connectivity index (χ3n) is 4.96. The Morgan fingerprint density at radius 1 is 1.04 bits per heavy atom. The van der Waals surface area contributed by atoms with E-state index in [-0.39, 0.29) is 11.9 Å². The van der Waals surface area contributed by atoms with E-state index >= 15 is 0 Å². The largest absolute Gasteiger partial charge is 0.493 e. The summed E-state index contributed by atoms with van der Waals surface area (Å²) >= 11 is 0. The third kappa shape index (κ3) is 4.28. The molecule has 3 nitrogen and oxygen atoms in total. The fraction of sp³-hybridized carbons (Fsp3) is 0.348. The molecule has 0 amide bonds. The van der Waals surface area contributed by atoms with Crippen molar-refractivity contribution < 1.29 is 9.13 Å². The van der Waals surface area contributed by atoms with Gasteiger partial charge >= 0.3 is 0 Å². The molecule has 142 valence electrons. The van der Waals surface area contributed by atoms with Gasteiger partial charge in [0.1, 0.15) is 11.6 Å². The van der Waals surface area contributed by atoms with Crippen LogP contribution in [-0.4, -0.2) is 17.6 Å². The summed E-state index contributed by atoms with van der Waals surface area (Å²) in [5, 5.41) is 5.52. The Balaban J connectivity index is 2.06. The Morgan fingerprint density at radius 3 is 2.56 bits per heavy atom. The summed E-state index contributed by atoms with van der Waals surface area (Å²) in [6, 6.07) is 15.6. The second-order valence-electron chi connectivity index (χ2n) is 7.13. The Bertz CT molecular complexity index is 923. The molecule has 1 atom stereocenters. The van der Waals surface area contributed by atoms with Crippen LogP contribution in [0.3, 0.4) is 0 Å². The molecule has 0 radical (unpaired) electrons. The zero-order chi connectivity index (χ0) is 19.4. The standard InChI is InChI=1S/C23H27FN2O/c1-5-27-22-13-10-17-8-6-7-9-18(17)23(22)20-12-11-19(24)21(26-20)14-25-16(4)15(2)3/h6-13,15-16,25H,5,14H2,1-4H3/t16-/m1/s1. The first-order valence-corrected chi connectivity index (χ1v) is 9.55. The van der Waals surface area contributed by atoms with E-state index in [1.807, 2.05) is 31.2 Å². The summed E-state index contributed by atoms with van der Waals surface area (Å²) in [4.78, 5) is 4.65. The van der Waals surface area contributed by atoms with E-state index in [1.165, 1.54) is 6.07 Å². The van der Waals surface area contributed by atoms with Crippen LogP contribution in [0.5, 0.6) is 5.75 Å². The lowest BCUT2D eigenvalue weighted by atomic mass is 10.00. The predicted octanol–water partition coefficient (Wildman–Crippen LogP) is 5.57. The van der Waals surface area contributed by atoms with Crippen molar-refractivity contribution in [3.63, 3.8) is 0 Å². The first kappa shape index (κ1) is 19.3. The highest BCUT2D eigenvalue weighted by Crippen LogP contribution is 2.36. The molecule has 27 heavy (non-hydrogen) atoms. The normalized spacial score (nSPS) is 12.5. The Hall–Kier alpha value is -2.46. The number of benzene rings is 2. The maximum Gasteiger partial charge on any atom is 0.146 e. The van der Waals surface area contributed by atoms with Crippen LogP contribution in [0, 0.1) is 11.7 Å². The van der Waals surface area contributed by atoms with E-state index in [2.05, 4.69) is 43.2 Å². The van der Waals surface area contributed by atoms with Crippen LogP contribution in [0.4, 0.5) is 4.39 Å². The molecule has 0 aliphatic rings. The van der Waals surface area contributed by atoms with Gasteiger partial charge in [-0.3, -0.25) is 0 Å². The van der Waals surface area contributed by atoms with Gasteiger partial charge in [-0.2, -0.15) is 0 Å². The lowest BCUT2D eigenvalue weighted by Gasteiger charge is -2.18. The zero-order valence-corrected chi connectivity index (χ0v) is 16.4. The molecule has 1 aromatic heterocycles. The molecule has 1 heterocycles. The van der Waals surface area contributed by atoms with Crippen LogP contribution >= 0.6 is 0 Å². The maximum atomic E-state index is 14.4. The quantitative estimate of drug-likeness (QED) is 0.593. The average Bonchev–Trinajstić information content (AvgIpc) is 2.67. The Morgan fingerprint density at radius 2 is 1.81 bits per heavy atom. The molecule has 2 aromatic carbocycles. The summed E-state index contributed by atoms with van der Waals surface area (Å²) in [6.45, 7) is 9.30. The minimum absolute atomic E-state index is 0.284. The number of ether oxygens (including phenoxy) is 1. The number of pyridine rings is 1. The number of nitrogens with zero attached hydrogens (tertiary/aromatic N) is 1. The van der Waals surface area contributed by atoms with E-state index in [4.69, 9.17) is 4.74 Å². The highest BCUT2D eigenvalue weighted by molar-refractivity contribution is 5.98. The van der Waals surface area contributed by atoms with Crippen molar-refractivity contribution in [1.29, 1.82) is 0 Å². The molecule has 0 spiro atoms. The summed E-state index contributed by atoms with van der Waals surface area (Å²) in [5.74, 6) is 0.948. The van der Waals surface area contributed by atoms with Gasteiger partial charge in [-0.1, -0.05) is 44.2 Å². The van der Waals surface area contributed by atoms with Crippen LogP contribution in [0.25, 0.3) is 22.0 Å². The van der Waals surface area contributed by atoms with E-state index in [0.29, 0.717) is 24.8 Å². The van der Waals surface area contributed by atoms with Gasteiger partial charge in [0, 0.05) is 12.6 Å². The summed E-state index contributed by atoms with van der Waals surface area (Å²) in [6.07, 6.45) is 0. The lowest BCUT2D eigenvalue weighted by molar-refractivity contribution is 0.342. The van der Waals surface area contributed by atoms with Crippen molar-refractivity contribution in [2.45, 2.75) is 40.3 Å². The van der Waals surface area contributed by atoms with Gasteiger partial charge in [-0.05, 0) is 48.7 Å². The third-order valence-corrected chi connectivity index (χ3v) is 4.96. The molecule has 0 aliphatic heterocycles. The maximum absolute atomic E-state index is 14.4. The number of hydrogen-bond acceptors (Lipinski definition) is 3. The molecule has 0 unspecified atom stereocenters. The van der Waals surface area contributed by atoms with Crippen molar-refractivity contribution in [3.8, 4) is 17.0 Å². The number of hydrogen-bond donors (Lipinski definition) is 1. The predicted molar refractivity (Wildman–Crippen MR) is 109 cm³/mol. The van der Waals surface area contributed by atoms with Crippen LogP contribution in [-0.2, 0) is 6.54 Å². The summed E-state index contributed by atoms with van der Waals surface area (Å²) in [7, 11) is 0. The number of nitrogens with one attached hydrogen (secondary N) is 1.